The molecule has 2 N–H and O–H groups in total. The normalized spacial score (nSPS) is 10.9. The van der Waals surface area contributed by atoms with Gasteiger partial charge in [-0.05, 0) is 36.8 Å². The number of aromatic hydroxyl groups is 1. The lowest BCUT2D eigenvalue weighted by molar-refractivity contribution is -0.117. The summed E-state index contributed by atoms with van der Waals surface area (Å²) >= 11 is 5.79. The Labute approximate surface area is 177 Å². The first-order valence-corrected chi connectivity index (χ1v) is 9.54. The van der Waals surface area contributed by atoms with Crippen LogP contribution >= 0.6 is 11.6 Å². The van der Waals surface area contributed by atoms with Gasteiger partial charge in [0.15, 0.2) is 5.69 Å². The fourth-order valence-corrected chi connectivity index (χ4v) is 3.04. The number of halogens is 1. The first-order chi connectivity index (χ1) is 14.5. The molecular formula is C21H18ClN5O3. The third-order valence-electron chi connectivity index (χ3n) is 4.36. The van der Waals surface area contributed by atoms with E-state index in [-0.39, 0.29) is 18.1 Å². The van der Waals surface area contributed by atoms with Gasteiger partial charge in [-0.25, -0.2) is 0 Å². The molecule has 0 bridgehead atoms. The Bertz CT molecular complexity index is 1150. The second-order valence-corrected chi connectivity index (χ2v) is 6.82. The molecule has 0 radical (unpaired) electrons. The number of nitriles is 1. The minimum Gasteiger partial charge on any atom is -0.493 e. The highest BCUT2D eigenvalue weighted by molar-refractivity contribution is 6.30. The largest absolute Gasteiger partial charge is 0.493 e. The maximum Gasteiger partial charge on any atom is 0.283 e. The predicted molar refractivity (Wildman–Crippen MR) is 112 cm³/mol. The second kappa shape index (κ2) is 9.67. The van der Waals surface area contributed by atoms with E-state index in [1.54, 1.807) is 41.0 Å². The number of fused-ring (bicyclic) bond motifs is 1. The Morgan fingerprint density at radius 2 is 1.90 bits per heavy atom. The fourth-order valence-electron chi connectivity index (χ4n) is 2.91. The van der Waals surface area contributed by atoms with Crippen molar-refractivity contribution in [2.75, 3.05) is 6.54 Å². The van der Waals surface area contributed by atoms with E-state index in [1.165, 1.54) is 0 Å². The van der Waals surface area contributed by atoms with Gasteiger partial charge in [-0.1, -0.05) is 29.8 Å². The highest BCUT2D eigenvalue weighted by Crippen LogP contribution is 2.38. The van der Waals surface area contributed by atoms with Crippen molar-refractivity contribution in [3.05, 3.63) is 59.1 Å². The Hall–Kier alpha value is -3.70. The minimum atomic E-state index is -0.668. The summed E-state index contributed by atoms with van der Waals surface area (Å²) in [5.41, 5.74) is 1.26. The number of carbonyl (C=O) groups excluding carboxylic acids is 2. The first-order valence-electron chi connectivity index (χ1n) is 9.16. The van der Waals surface area contributed by atoms with Crippen molar-refractivity contribution in [1.82, 2.24) is 9.88 Å². The maximum absolute atomic E-state index is 12.1. The Kier molecular flexibility index (Phi) is 6.78. The molecule has 152 valence electrons. The topological polar surface area (TPSA) is 120 Å². The molecule has 0 saturated carbocycles. The van der Waals surface area contributed by atoms with Crippen LogP contribution in [-0.2, 0) is 11.3 Å². The summed E-state index contributed by atoms with van der Waals surface area (Å²) in [6.07, 6.45) is 0.920. The van der Waals surface area contributed by atoms with Crippen molar-refractivity contribution in [1.29, 1.82) is 5.26 Å². The van der Waals surface area contributed by atoms with E-state index in [0.29, 0.717) is 35.4 Å². The van der Waals surface area contributed by atoms with Crippen LogP contribution in [0.3, 0.4) is 0 Å². The highest BCUT2D eigenvalue weighted by atomic mass is 35.5. The quantitative estimate of drug-likeness (QED) is 0.433. The minimum absolute atomic E-state index is 0.129. The summed E-state index contributed by atoms with van der Waals surface area (Å²) in [5.74, 6) is -1.24. The van der Waals surface area contributed by atoms with Crippen molar-refractivity contribution in [3.63, 3.8) is 0 Å². The number of azo groups is 1. The molecule has 1 heterocycles. The molecule has 30 heavy (non-hydrogen) atoms. The smallest absolute Gasteiger partial charge is 0.283 e. The molecular weight excluding hydrogens is 406 g/mol. The number of nitrogens with one attached hydrogen (secondary N) is 1. The van der Waals surface area contributed by atoms with E-state index in [4.69, 9.17) is 16.9 Å². The third kappa shape index (κ3) is 4.82. The van der Waals surface area contributed by atoms with Crippen LogP contribution in [0.4, 0.5) is 5.69 Å². The molecule has 1 aromatic heterocycles. The summed E-state index contributed by atoms with van der Waals surface area (Å²) in [7, 11) is 0. The summed E-state index contributed by atoms with van der Waals surface area (Å²) < 4.78 is 1.63. The highest BCUT2D eigenvalue weighted by Gasteiger charge is 2.16. The summed E-state index contributed by atoms with van der Waals surface area (Å²) in [6, 6.07) is 15.5. The van der Waals surface area contributed by atoms with Crippen LogP contribution in [0.25, 0.3) is 10.9 Å². The Balaban J connectivity index is 1.71. The van der Waals surface area contributed by atoms with E-state index < -0.39 is 11.8 Å². The predicted octanol–water partition coefficient (Wildman–Crippen LogP) is 4.34. The molecule has 2 amide bonds. The van der Waals surface area contributed by atoms with Crippen molar-refractivity contribution in [3.8, 4) is 11.9 Å². The van der Waals surface area contributed by atoms with Crippen LogP contribution < -0.4 is 5.32 Å². The standard InChI is InChI=1S/C21H18ClN5O3/c22-15-9-7-14(8-10-15)20(29)24-13-18(28)25-26-19-16-5-1-2-6-17(16)27(21(19)30)12-4-3-11-23/h1-2,5-10,30H,3-4,12-13H2,(H,24,29). The molecule has 0 aliphatic rings. The van der Waals surface area contributed by atoms with Gasteiger partial charge >= 0.3 is 0 Å². The van der Waals surface area contributed by atoms with Gasteiger partial charge in [0, 0.05) is 28.9 Å². The Morgan fingerprint density at radius 1 is 1.17 bits per heavy atom. The van der Waals surface area contributed by atoms with Crippen molar-refractivity contribution < 1.29 is 14.7 Å². The second-order valence-electron chi connectivity index (χ2n) is 6.39. The number of aryl methyl sites for hydroxylation is 1. The van der Waals surface area contributed by atoms with E-state index in [9.17, 15) is 14.7 Å². The number of benzene rings is 2. The van der Waals surface area contributed by atoms with Crippen molar-refractivity contribution in [2.24, 2.45) is 10.2 Å². The summed E-state index contributed by atoms with van der Waals surface area (Å²) in [6.45, 7) is 0.0903. The number of hydrogen-bond acceptors (Lipinski definition) is 5. The third-order valence-corrected chi connectivity index (χ3v) is 4.61. The molecule has 0 saturated heterocycles. The van der Waals surface area contributed by atoms with Gasteiger partial charge in [0.1, 0.15) is 6.54 Å². The number of hydrogen-bond donors (Lipinski definition) is 2. The molecule has 0 spiro atoms. The number of aromatic nitrogens is 1. The SMILES string of the molecule is N#CCCCn1c(O)c(N=NC(=O)CNC(=O)c2ccc(Cl)cc2)c2ccccc21. The van der Waals surface area contributed by atoms with Crippen LogP contribution in [0.2, 0.25) is 5.02 Å². The van der Waals surface area contributed by atoms with Gasteiger partial charge in [0.05, 0.1) is 11.6 Å². The van der Waals surface area contributed by atoms with Crippen LogP contribution in [0.15, 0.2) is 58.8 Å². The van der Waals surface area contributed by atoms with Crippen LogP contribution in [0.5, 0.6) is 5.88 Å². The number of unbranched alkanes of at least 4 members (excludes halogenated alkanes) is 1. The number of amides is 2. The van der Waals surface area contributed by atoms with Gasteiger partial charge in [0.25, 0.3) is 11.8 Å². The zero-order valence-electron chi connectivity index (χ0n) is 15.9. The van der Waals surface area contributed by atoms with E-state index in [0.717, 1.165) is 5.52 Å². The van der Waals surface area contributed by atoms with Gasteiger partial charge < -0.3 is 15.0 Å². The molecule has 2 aromatic carbocycles. The zero-order chi connectivity index (χ0) is 21.5. The molecule has 3 rings (SSSR count). The molecule has 0 fully saturated rings. The van der Waals surface area contributed by atoms with Crippen LogP contribution in [0.1, 0.15) is 23.2 Å². The Morgan fingerprint density at radius 3 is 2.63 bits per heavy atom. The van der Waals surface area contributed by atoms with Gasteiger partial charge in [-0.15, -0.1) is 10.2 Å². The monoisotopic (exact) mass is 423 g/mol. The van der Waals surface area contributed by atoms with E-state index in [1.807, 2.05) is 12.1 Å². The van der Waals surface area contributed by atoms with E-state index >= 15 is 0 Å². The number of rotatable bonds is 7. The van der Waals surface area contributed by atoms with E-state index in [2.05, 4.69) is 21.6 Å². The molecule has 0 unspecified atom stereocenters. The molecule has 0 aliphatic heterocycles. The van der Waals surface area contributed by atoms with Gasteiger partial charge in [-0.2, -0.15) is 5.26 Å². The van der Waals surface area contributed by atoms with Crippen molar-refractivity contribution >= 4 is 40.0 Å². The summed E-state index contributed by atoms with van der Waals surface area (Å²) in [4.78, 5) is 24.1. The number of para-hydroxylation sites is 1. The number of carbonyl (C=O) groups is 2. The van der Waals surface area contributed by atoms with Crippen molar-refractivity contribution in [2.45, 2.75) is 19.4 Å². The lowest BCUT2D eigenvalue weighted by Crippen LogP contribution is -2.28. The van der Waals surface area contributed by atoms with Crippen LogP contribution in [0, 0.1) is 11.3 Å². The molecule has 0 aliphatic carbocycles. The van der Waals surface area contributed by atoms with Gasteiger partial charge in [0.2, 0.25) is 5.88 Å². The van der Waals surface area contributed by atoms with Gasteiger partial charge in [-0.3, -0.25) is 9.59 Å². The lowest BCUT2D eigenvalue weighted by Gasteiger charge is -2.04. The molecule has 0 atom stereocenters. The molecule has 9 heteroatoms. The molecule has 8 nitrogen and oxygen atoms in total. The molecule has 3 aromatic rings. The maximum atomic E-state index is 12.1. The zero-order valence-corrected chi connectivity index (χ0v) is 16.6. The fraction of sp³-hybridized carbons (Fsp3) is 0.190. The first kappa shape index (κ1) is 21.0. The summed E-state index contributed by atoms with van der Waals surface area (Å²) in [5, 5.41) is 30.4. The number of nitrogens with zero attached hydrogens (tertiary/aromatic N) is 4. The lowest BCUT2D eigenvalue weighted by atomic mass is 10.2. The average Bonchev–Trinajstić information content (AvgIpc) is 3.02. The van der Waals surface area contributed by atoms with Crippen LogP contribution in [-0.4, -0.2) is 28.0 Å². The average molecular weight is 424 g/mol.